The molecule has 1 saturated carbocycles. The second-order valence-electron chi connectivity index (χ2n) is 6.40. The summed E-state index contributed by atoms with van der Waals surface area (Å²) in [6.07, 6.45) is 7.00. The molecule has 0 unspecified atom stereocenters. The van der Waals surface area contributed by atoms with E-state index in [-0.39, 0.29) is 0 Å². The number of methoxy groups -OCH3 is 1. The van der Waals surface area contributed by atoms with Gasteiger partial charge in [-0.3, -0.25) is 4.90 Å². The van der Waals surface area contributed by atoms with Crippen molar-refractivity contribution in [2.45, 2.75) is 58.9 Å². The Labute approximate surface area is 120 Å². The Morgan fingerprint density at radius 2 is 1.89 bits per heavy atom. The zero-order valence-electron chi connectivity index (χ0n) is 13.5. The van der Waals surface area contributed by atoms with Crippen LogP contribution in [0.5, 0.6) is 0 Å². The summed E-state index contributed by atoms with van der Waals surface area (Å²) in [4.78, 5) is 2.60. The van der Waals surface area contributed by atoms with E-state index in [0.717, 1.165) is 19.7 Å². The SMILES string of the molecule is CCNCC1(CN(CCOC)C(C)C)CCCCC1. The van der Waals surface area contributed by atoms with Crippen LogP contribution < -0.4 is 5.32 Å². The van der Waals surface area contributed by atoms with Gasteiger partial charge in [-0.1, -0.05) is 26.2 Å². The van der Waals surface area contributed by atoms with E-state index in [1.807, 2.05) is 0 Å². The molecule has 0 aromatic carbocycles. The molecule has 0 saturated heterocycles. The van der Waals surface area contributed by atoms with Crippen molar-refractivity contribution < 1.29 is 4.74 Å². The van der Waals surface area contributed by atoms with Gasteiger partial charge in [0.25, 0.3) is 0 Å². The molecule has 1 aliphatic rings. The highest BCUT2D eigenvalue weighted by atomic mass is 16.5. The van der Waals surface area contributed by atoms with Gasteiger partial charge in [-0.25, -0.2) is 0 Å². The smallest absolute Gasteiger partial charge is 0.0589 e. The first-order chi connectivity index (χ1) is 9.13. The number of hydrogen-bond donors (Lipinski definition) is 1. The minimum Gasteiger partial charge on any atom is -0.383 e. The molecule has 0 radical (unpaired) electrons. The lowest BCUT2D eigenvalue weighted by molar-refractivity contribution is 0.0616. The molecule has 3 heteroatoms. The summed E-state index contributed by atoms with van der Waals surface area (Å²) < 4.78 is 5.27. The fourth-order valence-electron chi connectivity index (χ4n) is 3.24. The second-order valence-corrected chi connectivity index (χ2v) is 6.40. The van der Waals surface area contributed by atoms with Crippen molar-refractivity contribution >= 4 is 0 Å². The van der Waals surface area contributed by atoms with Gasteiger partial charge in [0.15, 0.2) is 0 Å². The number of rotatable bonds is 9. The zero-order chi connectivity index (χ0) is 14.1. The maximum atomic E-state index is 5.27. The molecule has 114 valence electrons. The molecule has 0 bridgehead atoms. The average molecular weight is 270 g/mol. The molecule has 0 atom stereocenters. The Balaban J connectivity index is 2.61. The molecule has 1 rings (SSSR count). The maximum Gasteiger partial charge on any atom is 0.0589 e. The van der Waals surface area contributed by atoms with Crippen LogP contribution in [-0.4, -0.2) is 50.8 Å². The van der Waals surface area contributed by atoms with Crippen LogP contribution in [0.15, 0.2) is 0 Å². The van der Waals surface area contributed by atoms with Crippen molar-refractivity contribution in [3.63, 3.8) is 0 Å². The van der Waals surface area contributed by atoms with E-state index in [2.05, 4.69) is 31.0 Å². The molecule has 3 nitrogen and oxygen atoms in total. The molecule has 0 spiro atoms. The molecule has 0 aromatic heterocycles. The van der Waals surface area contributed by atoms with Gasteiger partial charge in [-0.15, -0.1) is 0 Å². The topological polar surface area (TPSA) is 24.5 Å². The predicted octanol–water partition coefficient (Wildman–Crippen LogP) is 2.90. The van der Waals surface area contributed by atoms with Crippen molar-refractivity contribution in [2.24, 2.45) is 5.41 Å². The molecule has 0 heterocycles. The third-order valence-electron chi connectivity index (χ3n) is 4.52. The van der Waals surface area contributed by atoms with Crippen molar-refractivity contribution in [1.29, 1.82) is 0 Å². The van der Waals surface area contributed by atoms with Crippen LogP contribution in [0.4, 0.5) is 0 Å². The standard InChI is InChI=1S/C16H34N2O/c1-5-17-13-16(9-7-6-8-10-16)14-18(15(2)3)11-12-19-4/h15,17H,5-14H2,1-4H3. The minimum atomic E-state index is 0.492. The first-order valence-electron chi connectivity index (χ1n) is 8.07. The molecule has 0 aliphatic heterocycles. The number of hydrogen-bond acceptors (Lipinski definition) is 3. The van der Waals surface area contributed by atoms with Gasteiger partial charge in [0.1, 0.15) is 0 Å². The van der Waals surface area contributed by atoms with Gasteiger partial charge in [-0.2, -0.15) is 0 Å². The fraction of sp³-hybridized carbons (Fsp3) is 1.00. The zero-order valence-corrected chi connectivity index (χ0v) is 13.5. The maximum absolute atomic E-state index is 5.27. The summed E-state index contributed by atoms with van der Waals surface area (Å²) in [7, 11) is 1.80. The van der Waals surface area contributed by atoms with Gasteiger partial charge in [0.05, 0.1) is 6.61 Å². The van der Waals surface area contributed by atoms with Crippen LogP contribution >= 0.6 is 0 Å². The number of ether oxygens (including phenoxy) is 1. The summed E-state index contributed by atoms with van der Waals surface area (Å²) in [6, 6.07) is 0.607. The highest BCUT2D eigenvalue weighted by Crippen LogP contribution is 2.37. The van der Waals surface area contributed by atoms with Crippen molar-refractivity contribution in [3.8, 4) is 0 Å². The molecular weight excluding hydrogens is 236 g/mol. The van der Waals surface area contributed by atoms with Crippen LogP contribution in [0.2, 0.25) is 0 Å². The van der Waals surface area contributed by atoms with E-state index in [1.165, 1.54) is 45.2 Å². The summed E-state index contributed by atoms with van der Waals surface area (Å²) in [5.74, 6) is 0. The first kappa shape index (κ1) is 16.9. The Morgan fingerprint density at radius 1 is 1.21 bits per heavy atom. The molecule has 1 N–H and O–H groups in total. The number of nitrogens with one attached hydrogen (secondary N) is 1. The van der Waals surface area contributed by atoms with Gasteiger partial charge in [0, 0.05) is 32.8 Å². The van der Waals surface area contributed by atoms with E-state index in [1.54, 1.807) is 7.11 Å². The van der Waals surface area contributed by atoms with E-state index < -0.39 is 0 Å². The van der Waals surface area contributed by atoms with E-state index in [0.29, 0.717) is 11.5 Å². The Kier molecular flexibility index (Phi) is 7.96. The predicted molar refractivity (Wildman–Crippen MR) is 82.6 cm³/mol. The average Bonchev–Trinajstić information content (AvgIpc) is 2.42. The van der Waals surface area contributed by atoms with Gasteiger partial charge >= 0.3 is 0 Å². The second kappa shape index (κ2) is 8.93. The van der Waals surface area contributed by atoms with E-state index >= 15 is 0 Å². The third kappa shape index (κ3) is 5.80. The lowest BCUT2D eigenvalue weighted by atomic mass is 9.73. The third-order valence-corrected chi connectivity index (χ3v) is 4.52. The van der Waals surface area contributed by atoms with E-state index in [4.69, 9.17) is 4.74 Å². The van der Waals surface area contributed by atoms with Crippen molar-refractivity contribution in [3.05, 3.63) is 0 Å². The largest absolute Gasteiger partial charge is 0.383 e. The molecule has 0 amide bonds. The van der Waals surface area contributed by atoms with Crippen LogP contribution in [0.3, 0.4) is 0 Å². The Bertz CT molecular complexity index is 225. The summed E-state index contributed by atoms with van der Waals surface area (Å²) >= 11 is 0. The molecule has 19 heavy (non-hydrogen) atoms. The van der Waals surface area contributed by atoms with Gasteiger partial charge in [0.2, 0.25) is 0 Å². The van der Waals surface area contributed by atoms with Gasteiger partial charge in [-0.05, 0) is 38.6 Å². The Hall–Kier alpha value is -0.120. The lowest BCUT2D eigenvalue weighted by Crippen LogP contribution is -2.48. The molecule has 0 aromatic rings. The normalized spacial score (nSPS) is 19.3. The molecule has 1 fully saturated rings. The summed E-state index contributed by atoms with van der Waals surface area (Å²) in [6.45, 7) is 12.2. The lowest BCUT2D eigenvalue weighted by Gasteiger charge is -2.42. The van der Waals surface area contributed by atoms with Crippen LogP contribution in [-0.2, 0) is 4.74 Å². The van der Waals surface area contributed by atoms with Crippen molar-refractivity contribution in [2.75, 3.05) is 39.9 Å². The minimum absolute atomic E-state index is 0.492. The molecular formula is C16H34N2O. The summed E-state index contributed by atoms with van der Waals surface area (Å²) in [5, 5.41) is 3.60. The van der Waals surface area contributed by atoms with Crippen molar-refractivity contribution in [1.82, 2.24) is 10.2 Å². The van der Waals surface area contributed by atoms with Gasteiger partial charge < -0.3 is 10.1 Å². The Morgan fingerprint density at radius 3 is 2.42 bits per heavy atom. The summed E-state index contributed by atoms with van der Waals surface area (Å²) in [5.41, 5.74) is 0.492. The highest BCUT2D eigenvalue weighted by molar-refractivity contribution is 4.88. The molecule has 1 aliphatic carbocycles. The van der Waals surface area contributed by atoms with Crippen LogP contribution in [0.25, 0.3) is 0 Å². The number of nitrogens with zero attached hydrogens (tertiary/aromatic N) is 1. The first-order valence-corrected chi connectivity index (χ1v) is 8.07. The fourth-order valence-corrected chi connectivity index (χ4v) is 3.24. The monoisotopic (exact) mass is 270 g/mol. The highest BCUT2D eigenvalue weighted by Gasteiger charge is 2.33. The van der Waals surface area contributed by atoms with Crippen LogP contribution in [0, 0.1) is 5.41 Å². The van der Waals surface area contributed by atoms with E-state index in [9.17, 15) is 0 Å². The quantitative estimate of drug-likeness (QED) is 0.697. The van der Waals surface area contributed by atoms with Crippen LogP contribution in [0.1, 0.15) is 52.9 Å².